The SMILES string of the molecule is C[C@]12CC[C@@H](O)C[C@@H]1CC[C@@H]1[C@@H]2CC[C@]2(C)[C@@H](C(=O)Cn3cccn3)CC[C@@H]12. The minimum absolute atomic E-state index is 0.0701. The van der Waals surface area contributed by atoms with Crippen LogP contribution in [0.4, 0.5) is 0 Å². The zero-order chi connectivity index (χ0) is 19.5. The number of carbonyl (C=O) groups excluding carboxylic acids is 1. The van der Waals surface area contributed by atoms with Crippen molar-refractivity contribution in [2.75, 3.05) is 0 Å². The Morgan fingerprint density at radius 2 is 1.86 bits per heavy atom. The van der Waals surface area contributed by atoms with Crippen molar-refractivity contribution in [3.05, 3.63) is 18.5 Å². The maximum absolute atomic E-state index is 13.2. The predicted molar refractivity (Wildman–Crippen MR) is 108 cm³/mol. The summed E-state index contributed by atoms with van der Waals surface area (Å²) < 4.78 is 1.80. The van der Waals surface area contributed by atoms with Gasteiger partial charge in [0, 0.05) is 18.3 Å². The van der Waals surface area contributed by atoms with Gasteiger partial charge < -0.3 is 5.11 Å². The van der Waals surface area contributed by atoms with Gasteiger partial charge in [0.15, 0.2) is 5.78 Å². The molecule has 4 aliphatic carbocycles. The second-order valence-electron chi connectivity index (χ2n) is 10.9. The van der Waals surface area contributed by atoms with Gasteiger partial charge in [0.05, 0.1) is 12.6 Å². The Labute approximate surface area is 169 Å². The van der Waals surface area contributed by atoms with Crippen LogP contribution in [0.25, 0.3) is 0 Å². The lowest BCUT2D eigenvalue weighted by Crippen LogP contribution is -2.54. The molecular formula is C24H36N2O2. The normalized spacial score (nSPS) is 47.8. The molecule has 4 aliphatic rings. The highest BCUT2D eigenvalue weighted by Crippen LogP contribution is 2.67. The van der Waals surface area contributed by atoms with Crippen molar-refractivity contribution in [3.63, 3.8) is 0 Å². The highest BCUT2D eigenvalue weighted by atomic mass is 16.3. The summed E-state index contributed by atoms with van der Waals surface area (Å²) >= 11 is 0. The first-order valence-corrected chi connectivity index (χ1v) is 11.6. The number of hydrogen-bond donors (Lipinski definition) is 1. The average molecular weight is 385 g/mol. The molecule has 0 amide bonds. The Hall–Kier alpha value is -1.16. The van der Waals surface area contributed by atoms with Crippen molar-refractivity contribution < 1.29 is 9.90 Å². The monoisotopic (exact) mass is 384 g/mol. The quantitative estimate of drug-likeness (QED) is 0.836. The van der Waals surface area contributed by atoms with Crippen molar-refractivity contribution in [2.45, 2.75) is 84.3 Å². The lowest BCUT2D eigenvalue weighted by Gasteiger charge is -2.60. The third kappa shape index (κ3) is 2.74. The van der Waals surface area contributed by atoms with E-state index >= 15 is 0 Å². The van der Waals surface area contributed by atoms with Crippen LogP contribution >= 0.6 is 0 Å². The Kier molecular flexibility index (Phi) is 4.50. The summed E-state index contributed by atoms with van der Waals surface area (Å²) in [5, 5.41) is 14.5. The fourth-order valence-corrected chi connectivity index (χ4v) is 8.43. The number of carbonyl (C=O) groups is 1. The van der Waals surface area contributed by atoms with Crippen LogP contribution in [-0.4, -0.2) is 26.8 Å². The topological polar surface area (TPSA) is 55.1 Å². The standard InChI is InChI=1S/C24H36N2O2/c1-23-10-8-17(27)14-16(23)4-5-18-19-6-7-21(24(19,2)11-9-20(18)23)22(28)15-26-13-3-12-25-26/h3,12-13,16-21,27H,4-11,14-15H2,1-2H3/t16-,17+,18-,19-,20-,21+,23-,24-/m0/s1. The van der Waals surface area contributed by atoms with E-state index in [0.717, 1.165) is 31.1 Å². The highest BCUT2D eigenvalue weighted by Gasteiger charge is 2.61. The van der Waals surface area contributed by atoms with E-state index in [1.54, 1.807) is 10.9 Å². The maximum Gasteiger partial charge on any atom is 0.157 e. The Morgan fingerprint density at radius 1 is 1.07 bits per heavy atom. The summed E-state index contributed by atoms with van der Waals surface area (Å²) in [6.45, 7) is 5.41. The van der Waals surface area contributed by atoms with Crippen molar-refractivity contribution in [1.82, 2.24) is 9.78 Å². The van der Waals surface area contributed by atoms with Crippen LogP contribution in [-0.2, 0) is 11.3 Å². The molecule has 0 bridgehead atoms. The van der Waals surface area contributed by atoms with E-state index in [2.05, 4.69) is 18.9 Å². The van der Waals surface area contributed by atoms with E-state index < -0.39 is 0 Å². The van der Waals surface area contributed by atoms with Crippen LogP contribution in [0.3, 0.4) is 0 Å². The molecule has 4 fully saturated rings. The number of aromatic nitrogens is 2. The molecule has 0 aliphatic heterocycles. The van der Waals surface area contributed by atoms with Gasteiger partial charge in [-0.05, 0) is 98.4 Å². The molecular weight excluding hydrogens is 348 g/mol. The van der Waals surface area contributed by atoms with Gasteiger partial charge in [-0.3, -0.25) is 9.48 Å². The van der Waals surface area contributed by atoms with Gasteiger partial charge in [-0.25, -0.2) is 0 Å². The number of rotatable bonds is 3. The lowest BCUT2D eigenvalue weighted by molar-refractivity contribution is -0.140. The van der Waals surface area contributed by atoms with Crippen LogP contribution in [0, 0.1) is 40.4 Å². The first-order chi connectivity index (χ1) is 13.4. The summed E-state index contributed by atoms with van der Waals surface area (Å²) in [6, 6.07) is 1.90. The van der Waals surface area contributed by atoms with Gasteiger partial charge in [0.1, 0.15) is 0 Å². The molecule has 1 heterocycles. The Balaban J connectivity index is 1.36. The molecule has 5 rings (SSSR count). The molecule has 1 N–H and O–H groups in total. The third-order valence-electron chi connectivity index (χ3n) is 9.90. The minimum atomic E-state index is -0.0701. The number of aliphatic hydroxyl groups is 1. The van der Waals surface area contributed by atoms with Crippen LogP contribution < -0.4 is 0 Å². The molecule has 4 heteroatoms. The fourth-order valence-electron chi connectivity index (χ4n) is 8.43. The zero-order valence-corrected chi connectivity index (χ0v) is 17.5. The molecule has 1 aromatic rings. The number of fused-ring (bicyclic) bond motifs is 5. The van der Waals surface area contributed by atoms with Crippen molar-refractivity contribution in [2.24, 2.45) is 40.4 Å². The Bertz CT molecular complexity index is 731. The van der Waals surface area contributed by atoms with E-state index in [1.165, 1.54) is 38.5 Å². The number of nitrogens with zero attached hydrogens (tertiary/aromatic N) is 2. The fraction of sp³-hybridized carbons (Fsp3) is 0.833. The number of hydrogen-bond acceptors (Lipinski definition) is 3. The summed E-state index contributed by atoms with van der Waals surface area (Å²) in [7, 11) is 0. The molecule has 0 spiro atoms. The molecule has 1 aromatic heterocycles. The van der Waals surface area contributed by atoms with Crippen LogP contribution in [0.1, 0.15) is 71.6 Å². The second kappa shape index (κ2) is 6.68. The van der Waals surface area contributed by atoms with Crippen LogP contribution in [0.2, 0.25) is 0 Å². The zero-order valence-electron chi connectivity index (χ0n) is 17.5. The van der Waals surface area contributed by atoms with Crippen LogP contribution in [0.5, 0.6) is 0 Å². The summed E-state index contributed by atoms with van der Waals surface area (Å²) in [6.07, 6.45) is 14.2. The summed E-state index contributed by atoms with van der Waals surface area (Å²) in [5.74, 6) is 3.62. The van der Waals surface area contributed by atoms with E-state index in [9.17, 15) is 9.90 Å². The van der Waals surface area contributed by atoms with E-state index in [4.69, 9.17) is 0 Å². The molecule has 4 nitrogen and oxygen atoms in total. The van der Waals surface area contributed by atoms with Gasteiger partial charge in [-0.2, -0.15) is 5.10 Å². The Morgan fingerprint density at radius 3 is 2.64 bits per heavy atom. The first-order valence-electron chi connectivity index (χ1n) is 11.6. The van der Waals surface area contributed by atoms with E-state index in [-0.39, 0.29) is 17.4 Å². The smallest absolute Gasteiger partial charge is 0.157 e. The van der Waals surface area contributed by atoms with Gasteiger partial charge >= 0.3 is 0 Å². The molecule has 0 radical (unpaired) electrons. The van der Waals surface area contributed by atoms with Crippen LogP contribution in [0.15, 0.2) is 18.5 Å². The maximum atomic E-state index is 13.2. The number of ketones is 1. The molecule has 0 unspecified atom stereocenters. The van der Waals surface area contributed by atoms with E-state index in [1.807, 2.05) is 12.3 Å². The first kappa shape index (κ1) is 18.8. The molecule has 28 heavy (non-hydrogen) atoms. The molecule has 154 valence electrons. The lowest BCUT2D eigenvalue weighted by atomic mass is 9.44. The van der Waals surface area contributed by atoms with Gasteiger partial charge in [0.2, 0.25) is 0 Å². The minimum Gasteiger partial charge on any atom is -0.393 e. The van der Waals surface area contributed by atoms with Gasteiger partial charge in [0.25, 0.3) is 0 Å². The highest BCUT2D eigenvalue weighted by molar-refractivity contribution is 5.82. The predicted octanol–water partition coefficient (Wildman–Crippen LogP) is 4.47. The molecule has 4 saturated carbocycles. The van der Waals surface area contributed by atoms with Crippen molar-refractivity contribution in [1.29, 1.82) is 0 Å². The summed E-state index contributed by atoms with van der Waals surface area (Å²) in [4.78, 5) is 13.2. The van der Waals surface area contributed by atoms with Crippen molar-refractivity contribution >= 4 is 5.78 Å². The molecule has 8 atom stereocenters. The largest absolute Gasteiger partial charge is 0.393 e. The van der Waals surface area contributed by atoms with E-state index in [0.29, 0.717) is 29.6 Å². The second-order valence-corrected chi connectivity index (χ2v) is 10.9. The molecule has 0 aromatic carbocycles. The van der Waals surface area contributed by atoms with Crippen molar-refractivity contribution in [3.8, 4) is 0 Å². The number of aliphatic hydroxyl groups excluding tert-OH is 1. The molecule has 0 saturated heterocycles. The average Bonchev–Trinajstić information content (AvgIpc) is 3.29. The van der Waals surface area contributed by atoms with Gasteiger partial charge in [-0.1, -0.05) is 13.8 Å². The third-order valence-corrected chi connectivity index (χ3v) is 9.90. The summed E-state index contributed by atoms with van der Waals surface area (Å²) in [5.41, 5.74) is 0.601. The number of Topliss-reactive ketones (excluding diaryl/α,β-unsaturated/α-hetero) is 1. The van der Waals surface area contributed by atoms with Gasteiger partial charge in [-0.15, -0.1) is 0 Å².